The molecular weight excluding hydrogens is 1650 g/mol. The van der Waals surface area contributed by atoms with Crippen molar-refractivity contribution in [2.75, 3.05) is 41.4 Å². The molecule has 8 aromatic rings. The van der Waals surface area contributed by atoms with E-state index in [1.54, 1.807) is 62.4 Å². The third kappa shape index (κ3) is 27.2. The molecule has 10 N–H and O–H groups in total. The molecule has 8 aromatic carbocycles. The number of amides is 8. The molecular formula is C104H128N8O18. The number of hydrogen-bond acceptors (Lipinski definition) is 18. The highest BCUT2D eigenvalue weighted by Crippen LogP contribution is 2.42. The summed E-state index contributed by atoms with van der Waals surface area (Å²) in [5.41, 5.74) is 10.4. The van der Waals surface area contributed by atoms with Crippen molar-refractivity contribution in [1.82, 2.24) is 40.9 Å². The lowest BCUT2D eigenvalue weighted by Gasteiger charge is -2.30. The van der Waals surface area contributed by atoms with Gasteiger partial charge in [0.25, 0.3) is 11.8 Å². The summed E-state index contributed by atoms with van der Waals surface area (Å²) in [6, 6.07) is 41.6. The Bertz CT molecular complexity index is 5310. The Hall–Kier alpha value is -12.7. The molecule has 2 heterocycles. The van der Waals surface area contributed by atoms with Crippen LogP contribution >= 0.6 is 0 Å². The lowest BCUT2D eigenvalue weighted by Crippen LogP contribution is -2.53. The minimum Gasteiger partial charge on any atom is -0.507 e. The number of phenols is 4. The van der Waals surface area contributed by atoms with E-state index in [9.17, 15) is 88.2 Å². The maximum absolute atomic E-state index is 14.0. The molecule has 10 rings (SSSR count). The largest absolute Gasteiger partial charge is 0.507 e. The molecule has 0 radical (unpaired) electrons. The number of aryl methyl sites for hydroxylation is 2. The predicted molar refractivity (Wildman–Crippen MR) is 500 cm³/mol. The van der Waals surface area contributed by atoms with Gasteiger partial charge in [-0.05, 0) is 195 Å². The van der Waals surface area contributed by atoms with Gasteiger partial charge >= 0.3 is 0 Å². The van der Waals surface area contributed by atoms with Crippen LogP contribution in [0.4, 0.5) is 0 Å². The molecule has 0 saturated heterocycles. The second-order valence-electron chi connectivity index (χ2n) is 34.9. The lowest BCUT2D eigenvalue weighted by atomic mass is 9.90. The minimum absolute atomic E-state index is 0.111. The third-order valence-corrected chi connectivity index (χ3v) is 24.7. The Morgan fingerprint density at radius 3 is 1.04 bits per heavy atom. The van der Waals surface area contributed by atoms with E-state index >= 15 is 0 Å². The quantitative estimate of drug-likeness (QED) is 0.0167. The van der Waals surface area contributed by atoms with Crippen LogP contribution in [-0.2, 0) is 73.6 Å². The number of aliphatic hydroxyl groups is 2. The fraction of sp³-hybridized carbons (Fsp3) is 0.423. The van der Waals surface area contributed by atoms with Crippen molar-refractivity contribution in [3.05, 3.63) is 214 Å². The number of unbranched alkanes of at least 4 members (excludes halogenated alkanes) is 8. The van der Waals surface area contributed by atoms with Crippen molar-refractivity contribution >= 4 is 70.4 Å². The molecule has 10 atom stereocenters. The first-order valence-electron chi connectivity index (χ1n) is 45.3. The first-order chi connectivity index (χ1) is 62.0. The van der Waals surface area contributed by atoms with Crippen molar-refractivity contribution in [2.45, 2.75) is 232 Å². The number of Topliss-reactive ketones (excluding diaryl/α,β-unsaturated/α-hetero) is 4. The first-order valence-corrected chi connectivity index (χ1v) is 45.3. The number of hydrogen-bond donors (Lipinski definition) is 10. The average molecular weight is 1780 g/mol. The van der Waals surface area contributed by atoms with Crippen molar-refractivity contribution < 1.29 is 88.2 Å². The van der Waals surface area contributed by atoms with Crippen LogP contribution in [0, 0.1) is 11.8 Å². The molecule has 0 aliphatic carbocycles. The van der Waals surface area contributed by atoms with Gasteiger partial charge < -0.3 is 71.5 Å². The average Bonchev–Trinajstić information content (AvgIpc) is 0.792. The van der Waals surface area contributed by atoms with E-state index < -0.39 is 120 Å². The summed E-state index contributed by atoms with van der Waals surface area (Å²) in [4.78, 5) is 167. The summed E-state index contributed by atoms with van der Waals surface area (Å²) < 4.78 is 0. The number of phenolic OH excluding ortho intramolecular Hbond substituents is 4. The zero-order chi connectivity index (χ0) is 94.7. The molecule has 0 saturated carbocycles. The monoisotopic (exact) mass is 1780 g/mol. The molecule has 8 amide bonds. The van der Waals surface area contributed by atoms with E-state index in [0.717, 1.165) is 62.4 Å². The van der Waals surface area contributed by atoms with Gasteiger partial charge in [0.2, 0.25) is 35.4 Å². The molecule has 26 nitrogen and oxygen atoms in total. The van der Waals surface area contributed by atoms with Crippen molar-refractivity contribution in [2.24, 2.45) is 11.8 Å². The van der Waals surface area contributed by atoms with Crippen LogP contribution in [0.2, 0.25) is 0 Å². The summed E-state index contributed by atoms with van der Waals surface area (Å²) >= 11 is 0. The molecule has 8 bridgehead atoms. The van der Waals surface area contributed by atoms with E-state index in [1.807, 2.05) is 38.1 Å². The molecule has 0 spiro atoms. The summed E-state index contributed by atoms with van der Waals surface area (Å²) in [6.07, 6.45) is 13.5. The zero-order valence-corrected chi connectivity index (χ0v) is 76.9. The smallest absolute Gasteiger partial charge is 0.254 e. The second kappa shape index (κ2) is 48.1. The van der Waals surface area contributed by atoms with Crippen LogP contribution in [0.3, 0.4) is 0 Å². The Labute approximate surface area is 762 Å². The number of aliphatic hydroxyl groups excluding tert-OH is 2. The normalized spacial score (nSPS) is 17.2. The third-order valence-electron chi connectivity index (χ3n) is 24.7. The number of nitrogens with zero attached hydrogens (tertiary/aromatic N) is 4. The maximum atomic E-state index is 14.0. The van der Waals surface area contributed by atoms with E-state index in [4.69, 9.17) is 0 Å². The highest BCUT2D eigenvalue weighted by Gasteiger charge is 2.38. The number of carbonyl (C=O) groups excluding carboxylic acids is 12. The molecule has 0 unspecified atom stereocenters. The van der Waals surface area contributed by atoms with E-state index in [-0.39, 0.29) is 96.5 Å². The summed E-state index contributed by atoms with van der Waals surface area (Å²) in [6.45, 7) is 12.8. The van der Waals surface area contributed by atoms with Gasteiger partial charge in [-0.25, -0.2) is 0 Å². The number of nitrogens with one attached hydrogen (secondary N) is 4. The van der Waals surface area contributed by atoms with Gasteiger partial charge in [-0.1, -0.05) is 176 Å². The van der Waals surface area contributed by atoms with Gasteiger partial charge in [-0.15, -0.1) is 0 Å². The van der Waals surface area contributed by atoms with Crippen molar-refractivity contribution in [1.29, 1.82) is 0 Å². The number of fused-ring (bicyclic) bond motifs is 10. The standard InChI is InChI=1S/C53H66N4O9.C51H62N4O9/c1-7-8-9-10-11-12-13-36-14-17-38(18-15-36)39-19-21-40(22-20-39)53(66)56(5)44(32-58)52(65)55-35(4)45(59)26-27-49(63)57(6)50-41-23-25-47(61)43(31-41)42-30-37(16-24-46(42)60)29-34(3)54-51(64)33(2)28-48(50)62;1-7-8-9-10-11-34-12-15-36(16-13-34)37-17-19-38(20-18-37)51(64)54(5)42(30-56)50(63)53-33(4)43(57)24-25-47(61)55(6)48-39-21-23-45(59)41(29-39)40-28-35(14-22-44(40)58)27-32(3)52-49(62)31(2)26-46(48)60/h14-25,30-31,33-35,44,50,58,60-61H,7-13,26-29,32H2,1-6H3,(H,54,64)(H,55,65);12-23,28-29,31-33,42,48,56,58-59H,7-11,24-27,30H2,1-6H3,(H,52,62)(H,53,63)/t33-,34-,35-,44-,50+;31-,32-,33-,42-,48+/m11/s1. The SMILES string of the molecule is CCCCCCCCc1ccc(-c2ccc(C(=O)N(C)[C@H](CO)C(=O)N[C@H](C)C(=O)CCC(=O)N(C)[C@@H]3C(=O)C[C@@H](C)C(=O)N[C@H](C)Cc4ccc(O)c(c4)-c4cc3ccc4O)cc2)cc1.CCCCCCc1ccc(-c2ccc(C(=O)N(C)[C@H](CO)C(=O)N[C@H](C)C(=O)CCC(=O)N(C)[C@@H]3C(=O)C[C@@H](C)C(=O)N[C@H](C)Cc4ccc(O)c(c4)-c4cc3ccc4O)cc2)cc1. The van der Waals surface area contributed by atoms with Gasteiger partial charge in [0, 0.05) is 124 Å². The number of benzene rings is 8. The number of carbonyl (C=O) groups is 12. The molecule has 130 heavy (non-hydrogen) atoms. The molecule has 2 aliphatic heterocycles. The first kappa shape index (κ1) is 101. The van der Waals surface area contributed by atoms with Crippen LogP contribution in [0.15, 0.2) is 170 Å². The Balaban J connectivity index is 0.000000293. The minimum atomic E-state index is -1.31. The number of ketones is 4. The molecule has 2 aliphatic rings. The summed E-state index contributed by atoms with van der Waals surface area (Å²) in [7, 11) is 5.63. The van der Waals surface area contributed by atoms with Gasteiger partial charge in [0.1, 0.15) is 47.2 Å². The number of likely N-dealkylation sites (N-methyl/N-ethyl adjacent to an activating group) is 4. The van der Waals surface area contributed by atoms with Gasteiger partial charge in [-0.2, -0.15) is 0 Å². The van der Waals surface area contributed by atoms with E-state index in [1.165, 1.54) is 169 Å². The van der Waals surface area contributed by atoms with Crippen molar-refractivity contribution in [3.8, 4) is 67.5 Å². The van der Waals surface area contributed by atoms with Crippen LogP contribution in [0.1, 0.15) is 224 Å². The van der Waals surface area contributed by atoms with Gasteiger partial charge in [0.05, 0.1) is 25.3 Å². The van der Waals surface area contributed by atoms with Crippen LogP contribution in [-0.4, -0.2) is 198 Å². The summed E-state index contributed by atoms with van der Waals surface area (Å²) in [5.74, 6) is -8.25. The maximum Gasteiger partial charge on any atom is 0.254 e. The van der Waals surface area contributed by atoms with Crippen molar-refractivity contribution in [3.63, 3.8) is 0 Å². The topological polar surface area (TPSA) is 387 Å². The Morgan fingerprint density at radius 2 is 0.700 bits per heavy atom. The molecule has 26 heteroatoms. The predicted octanol–water partition coefficient (Wildman–Crippen LogP) is 14.2. The van der Waals surface area contributed by atoms with Crippen LogP contribution in [0.25, 0.3) is 44.5 Å². The Kier molecular flexibility index (Phi) is 37.4. The Morgan fingerprint density at radius 1 is 0.392 bits per heavy atom. The lowest BCUT2D eigenvalue weighted by molar-refractivity contribution is -0.140. The highest BCUT2D eigenvalue weighted by atomic mass is 16.3. The van der Waals surface area contributed by atoms with E-state index in [2.05, 4.69) is 83.6 Å². The fourth-order valence-electron chi connectivity index (χ4n) is 16.5. The van der Waals surface area contributed by atoms with Gasteiger partial charge in [-0.3, -0.25) is 57.5 Å². The summed E-state index contributed by atoms with van der Waals surface area (Å²) in [5, 5.41) is 74.9. The number of rotatable bonds is 34. The van der Waals surface area contributed by atoms with Gasteiger partial charge in [0.15, 0.2) is 23.1 Å². The molecule has 0 aromatic heterocycles. The number of aromatic hydroxyl groups is 4. The van der Waals surface area contributed by atoms with E-state index in [0.29, 0.717) is 46.2 Å². The fourth-order valence-corrected chi connectivity index (χ4v) is 16.5. The highest BCUT2D eigenvalue weighted by molar-refractivity contribution is 6.02. The second-order valence-corrected chi connectivity index (χ2v) is 34.9. The van der Waals surface area contributed by atoms with Crippen LogP contribution in [0.5, 0.6) is 23.0 Å². The molecule has 0 fully saturated rings. The molecule has 692 valence electrons. The van der Waals surface area contributed by atoms with Crippen LogP contribution < -0.4 is 21.3 Å². The zero-order valence-electron chi connectivity index (χ0n) is 76.9.